The quantitative estimate of drug-likeness (QED) is 0.236. The molecule has 7 nitrogen and oxygen atoms in total. The van der Waals surface area contributed by atoms with Crippen molar-refractivity contribution in [2.75, 3.05) is 20.7 Å². The monoisotopic (exact) mass is 480 g/mol. The highest BCUT2D eigenvalue weighted by atomic mass is 127. The Balaban J connectivity index is 0.00000261. The van der Waals surface area contributed by atoms with E-state index in [4.69, 9.17) is 4.74 Å². The summed E-state index contributed by atoms with van der Waals surface area (Å²) < 4.78 is 7.39. The number of hydrogen-bond donors (Lipinski definition) is 2. The van der Waals surface area contributed by atoms with Crippen molar-refractivity contribution in [1.82, 2.24) is 25.2 Å². The average molecular weight is 480 g/mol. The molecule has 2 aromatic heterocycles. The van der Waals surface area contributed by atoms with E-state index >= 15 is 0 Å². The van der Waals surface area contributed by atoms with Gasteiger partial charge >= 0.3 is 0 Å². The van der Waals surface area contributed by atoms with Crippen LogP contribution in [0.1, 0.15) is 17.8 Å². The Labute approximate surface area is 176 Å². The van der Waals surface area contributed by atoms with Crippen LogP contribution >= 0.6 is 24.0 Å². The van der Waals surface area contributed by atoms with E-state index in [1.807, 2.05) is 53.1 Å². The first-order valence-electron chi connectivity index (χ1n) is 8.67. The van der Waals surface area contributed by atoms with Gasteiger partial charge in [-0.1, -0.05) is 24.3 Å². The third-order valence-corrected chi connectivity index (χ3v) is 4.12. The molecule has 0 aliphatic heterocycles. The minimum atomic E-state index is 0. The molecule has 0 aliphatic carbocycles. The number of aryl methyl sites for hydroxylation is 1. The summed E-state index contributed by atoms with van der Waals surface area (Å²) in [6.07, 6.45) is 3.78. The molecule has 0 fully saturated rings. The number of benzene rings is 1. The molecule has 1 aromatic carbocycles. The molecule has 0 unspecified atom stereocenters. The van der Waals surface area contributed by atoms with Crippen LogP contribution in [-0.2, 0) is 13.0 Å². The number of nitrogens with one attached hydrogen (secondary N) is 2. The summed E-state index contributed by atoms with van der Waals surface area (Å²) in [5.41, 5.74) is 1.97. The second-order valence-corrected chi connectivity index (χ2v) is 5.81. The largest absolute Gasteiger partial charge is 0.496 e. The molecule has 0 bridgehead atoms. The van der Waals surface area contributed by atoms with Crippen molar-refractivity contribution < 1.29 is 4.74 Å². The number of guanidine groups is 1. The number of halogens is 1. The third-order valence-electron chi connectivity index (χ3n) is 4.12. The number of nitrogens with zero attached hydrogens (tertiary/aromatic N) is 4. The average Bonchev–Trinajstić information content (AvgIpc) is 3.11. The molecule has 3 aromatic rings. The fourth-order valence-corrected chi connectivity index (χ4v) is 2.76. The first-order chi connectivity index (χ1) is 12.8. The number of ether oxygens (including phenoxy) is 1. The minimum absolute atomic E-state index is 0. The van der Waals surface area contributed by atoms with Gasteiger partial charge in [0.05, 0.1) is 7.11 Å². The standard InChI is InChI=1S/C19H24N6O.HI/c1-20-19(22-14-15-8-3-4-9-16(15)26-2)21-12-7-11-18-24-23-17-10-5-6-13-25(17)18;/h3-6,8-10,13H,7,11-12,14H2,1-2H3,(H2,20,21,22);1H. The zero-order valence-corrected chi connectivity index (χ0v) is 17.9. The van der Waals surface area contributed by atoms with Crippen molar-refractivity contribution in [1.29, 1.82) is 0 Å². The number of hydrogen-bond acceptors (Lipinski definition) is 4. The first kappa shape index (κ1) is 20.9. The summed E-state index contributed by atoms with van der Waals surface area (Å²) >= 11 is 0. The molecule has 0 atom stereocenters. The lowest BCUT2D eigenvalue weighted by molar-refractivity contribution is 0.409. The lowest BCUT2D eigenvalue weighted by Gasteiger charge is -2.13. The molecule has 0 spiro atoms. The van der Waals surface area contributed by atoms with Gasteiger partial charge in [0.2, 0.25) is 0 Å². The van der Waals surface area contributed by atoms with Gasteiger partial charge in [-0.15, -0.1) is 34.2 Å². The fourth-order valence-electron chi connectivity index (χ4n) is 2.76. The summed E-state index contributed by atoms with van der Waals surface area (Å²) in [4.78, 5) is 4.26. The van der Waals surface area contributed by atoms with Crippen molar-refractivity contribution in [2.24, 2.45) is 4.99 Å². The number of methoxy groups -OCH3 is 1. The molecule has 3 rings (SSSR count). The molecule has 8 heteroatoms. The molecular formula is C19H25IN6O. The number of pyridine rings is 1. The van der Waals surface area contributed by atoms with Gasteiger partial charge in [-0.25, -0.2) is 0 Å². The smallest absolute Gasteiger partial charge is 0.191 e. The van der Waals surface area contributed by atoms with Gasteiger partial charge in [0.25, 0.3) is 0 Å². The fraction of sp³-hybridized carbons (Fsp3) is 0.316. The summed E-state index contributed by atoms with van der Waals surface area (Å²) in [5.74, 6) is 2.61. The van der Waals surface area contributed by atoms with Gasteiger partial charge in [0, 0.05) is 38.3 Å². The van der Waals surface area contributed by atoms with Crippen LogP contribution in [0.3, 0.4) is 0 Å². The molecule has 144 valence electrons. The second-order valence-electron chi connectivity index (χ2n) is 5.81. The molecule has 2 N–H and O–H groups in total. The lowest BCUT2D eigenvalue weighted by Crippen LogP contribution is -2.37. The molecule has 0 radical (unpaired) electrons. The summed E-state index contributed by atoms with van der Waals surface area (Å²) in [7, 11) is 3.45. The van der Waals surface area contributed by atoms with E-state index in [1.54, 1.807) is 14.2 Å². The Kier molecular flexibility index (Phi) is 8.31. The lowest BCUT2D eigenvalue weighted by atomic mass is 10.2. The molecule has 0 amide bonds. The van der Waals surface area contributed by atoms with Crippen LogP contribution in [0.25, 0.3) is 5.65 Å². The molecule has 2 heterocycles. The molecule has 0 aliphatic rings. The van der Waals surface area contributed by atoms with Crippen LogP contribution < -0.4 is 15.4 Å². The first-order valence-corrected chi connectivity index (χ1v) is 8.67. The predicted octanol–water partition coefficient (Wildman–Crippen LogP) is 2.65. The maximum atomic E-state index is 5.37. The highest BCUT2D eigenvalue weighted by molar-refractivity contribution is 14.0. The van der Waals surface area contributed by atoms with Crippen LogP contribution in [-0.4, -0.2) is 41.3 Å². The molecule has 0 saturated carbocycles. The van der Waals surface area contributed by atoms with E-state index in [9.17, 15) is 0 Å². The second kappa shape index (κ2) is 10.7. The van der Waals surface area contributed by atoms with Crippen LogP contribution in [0.4, 0.5) is 0 Å². The Hall–Kier alpha value is -2.36. The molecule has 27 heavy (non-hydrogen) atoms. The van der Waals surface area contributed by atoms with Gasteiger partial charge in [0.1, 0.15) is 11.6 Å². The topological polar surface area (TPSA) is 75.8 Å². The van der Waals surface area contributed by atoms with Crippen molar-refractivity contribution in [3.05, 3.63) is 60.0 Å². The Morgan fingerprint density at radius 3 is 2.74 bits per heavy atom. The zero-order valence-electron chi connectivity index (χ0n) is 15.6. The van der Waals surface area contributed by atoms with Crippen LogP contribution in [0, 0.1) is 0 Å². The predicted molar refractivity (Wildman–Crippen MR) is 118 cm³/mol. The summed E-state index contributed by atoms with van der Waals surface area (Å²) in [6, 6.07) is 13.9. The summed E-state index contributed by atoms with van der Waals surface area (Å²) in [5, 5.41) is 15.1. The van der Waals surface area contributed by atoms with Crippen LogP contribution in [0.2, 0.25) is 0 Å². The number of aliphatic imine (C=N–C) groups is 1. The summed E-state index contributed by atoms with van der Waals surface area (Å²) in [6.45, 7) is 1.45. The van der Waals surface area contributed by atoms with Crippen LogP contribution in [0.5, 0.6) is 5.75 Å². The Morgan fingerprint density at radius 1 is 1.11 bits per heavy atom. The van der Waals surface area contributed by atoms with E-state index in [0.29, 0.717) is 6.54 Å². The van der Waals surface area contributed by atoms with Gasteiger partial charge < -0.3 is 15.4 Å². The molecular weight excluding hydrogens is 455 g/mol. The highest BCUT2D eigenvalue weighted by Gasteiger charge is 2.05. The number of rotatable bonds is 7. The third kappa shape index (κ3) is 5.56. The maximum absolute atomic E-state index is 5.37. The zero-order chi connectivity index (χ0) is 18.2. The number of aromatic nitrogens is 3. The highest BCUT2D eigenvalue weighted by Crippen LogP contribution is 2.16. The van der Waals surface area contributed by atoms with Crippen LogP contribution in [0.15, 0.2) is 53.7 Å². The van der Waals surface area contributed by atoms with E-state index in [2.05, 4.69) is 25.8 Å². The van der Waals surface area contributed by atoms with E-state index in [0.717, 1.165) is 48.1 Å². The van der Waals surface area contributed by atoms with Crippen molar-refractivity contribution in [3.63, 3.8) is 0 Å². The Morgan fingerprint density at radius 2 is 1.93 bits per heavy atom. The Bertz CT molecular complexity index is 879. The SMILES string of the molecule is CN=C(NCCCc1nnc2ccccn12)NCc1ccccc1OC.I. The van der Waals surface area contributed by atoms with Crippen molar-refractivity contribution >= 4 is 35.6 Å². The van der Waals surface area contributed by atoms with Gasteiger partial charge in [0.15, 0.2) is 11.6 Å². The normalized spacial score (nSPS) is 11.1. The van der Waals surface area contributed by atoms with Gasteiger partial charge in [-0.05, 0) is 24.6 Å². The minimum Gasteiger partial charge on any atom is -0.496 e. The number of fused-ring (bicyclic) bond motifs is 1. The van der Waals surface area contributed by atoms with Gasteiger partial charge in [-0.3, -0.25) is 9.39 Å². The van der Waals surface area contributed by atoms with Gasteiger partial charge in [-0.2, -0.15) is 0 Å². The van der Waals surface area contributed by atoms with E-state index in [-0.39, 0.29) is 24.0 Å². The maximum Gasteiger partial charge on any atom is 0.191 e. The number of para-hydroxylation sites is 1. The van der Waals surface area contributed by atoms with E-state index in [1.165, 1.54) is 0 Å². The van der Waals surface area contributed by atoms with Crippen molar-refractivity contribution in [2.45, 2.75) is 19.4 Å². The van der Waals surface area contributed by atoms with Crippen molar-refractivity contribution in [3.8, 4) is 5.75 Å². The van der Waals surface area contributed by atoms with E-state index < -0.39 is 0 Å². The molecule has 0 saturated heterocycles.